The van der Waals surface area contributed by atoms with Crippen molar-refractivity contribution in [2.45, 2.75) is 17.2 Å². The van der Waals surface area contributed by atoms with Crippen molar-refractivity contribution in [3.8, 4) is 0 Å². The van der Waals surface area contributed by atoms with Crippen LogP contribution in [0.5, 0.6) is 0 Å². The molecular formula is C23H24N2OS. The molecule has 138 valence electrons. The largest absolute Gasteiger partial charge is 0.368 e. The van der Waals surface area contributed by atoms with Crippen LogP contribution < -0.4 is 11.5 Å². The van der Waals surface area contributed by atoms with Crippen molar-refractivity contribution < 1.29 is 4.79 Å². The minimum atomic E-state index is -0.627. The predicted octanol–water partition coefficient (Wildman–Crippen LogP) is 3.91. The Morgan fingerprint density at radius 1 is 0.778 bits per heavy atom. The summed E-state index contributed by atoms with van der Waals surface area (Å²) in [6.45, 7) is 0. The van der Waals surface area contributed by atoms with Crippen LogP contribution in [0, 0.1) is 0 Å². The van der Waals surface area contributed by atoms with Crippen LogP contribution in [0.3, 0.4) is 0 Å². The maximum atomic E-state index is 11.4. The van der Waals surface area contributed by atoms with Gasteiger partial charge in [-0.1, -0.05) is 91.0 Å². The van der Waals surface area contributed by atoms with E-state index in [1.807, 2.05) is 18.2 Å². The highest BCUT2D eigenvalue weighted by atomic mass is 32.2. The molecule has 1 atom stereocenters. The topological polar surface area (TPSA) is 69.1 Å². The van der Waals surface area contributed by atoms with Crippen LogP contribution in [0.25, 0.3) is 0 Å². The Kier molecular flexibility index (Phi) is 6.32. The minimum Gasteiger partial charge on any atom is -0.368 e. The van der Waals surface area contributed by atoms with Gasteiger partial charge in [0.25, 0.3) is 0 Å². The van der Waals surface area contributed by atoms with E-state index in [1.54, 1.807) is 11.8 Å². The molecule has 3 aromatic rings. The van der Waals surface area contributed by atoms with E-state index >= 15 is 0 Å². The Hall–Kier alpha value is -2.56. The molecule has 0 radical (unpaired) electrons. The molecule has 0 fully saturated rings. The van der Waals surface area contributed by atoms with Crippen molar-refractivity contribution >= 4 is 17.7 Å². The van der Waals surface area contributed by atoms with Crippen molar-refractivity contribution in [1.29, 1.82) is 0 Å². The van der Waals surface area contributed by atoms with E-state index in [9.17, 15) is 4.79 Å². The van der Waals surface area contributed by atoms with Crippen LogP contribution in [-0.4, -0.2) is 17.7 Å². The molecule has 1 amide bonds. The van der Waals surface area contributed by atoms with Crippen molar-refractivity contribution in [2.75, 3.05) is 5.75 Å². The van der Waals surface area contributed by atoms with Crippen LogP contribution in [0.15, 0.2) is 91.0 Å². The number of hydrogen-bond acceptors (Lipinski definition) is 3. The molecule has 0 heterocycles. The molecule has 0 saturated carbocycles. The zero-order valence-electron chi connectivity index (χ0n) is 15.1. The number of benzene rings is 3. The third-order valence-electron chi connectivity index (χ3n) is 4.65. The molecule has 0 bridgehead atoms. The van der Waals surface area contributed by atoms with E-state index in [2.05, 4.69) is 72.8 Å². The van der Waals surface area contributed by atoms with Gasteiger partial charge in [-0.25, -0.2) is 0 Å². The second kappa shape index (κ2) is 8.89. The molecule has 0 aliphatic rings. The highest BCUT2D eigenvalue weighted by Gasteiger charge is 2.36. The number of nitrogens with two attached hydrogens (primary N) is 2. The Balaban J connectivity index is 2.10. The number of amides is 1. The molecule has 3 nitrogen and oxygen atoms in total. The molecule has 3 rings (SSSR count). The lowest BCUT2D eigenvalue weighted by atomic mass is 9.84. The lowest BCUT2D eigenvalue weighted by Gasteiger charge is -2.35. The minimum absolute atomic E-state index is 0.388. The highest BCUT2D eigenvalue weighted by Crippen LogP contribution is 2.48. The third kappa shape index (κ3) is 4.24. The fraction of sp³-hybridized carbons (Fsp3) is 0.174. The Bertz CT molecular complexity index is 757. The first-order valence-corrected chi connectivity index (χ1v) is 9.98. The lowest BCUT2D eigenvalue weighted by molar-refractivity contribution is -0.119. The second-order valence-electron chi connectivity index (χ2n) is 6.43. The first kappa shape index (κ1) is 19.2. The van der Waals surface area contributed by atoms with Crippen molar-refractivity contribution in [3.05, 3.63) is 108 Å². The summed E-state index contributed by atoms with van der Waals surface area (Å²) in [4.78, 5) is 11.4. The van der Waals surface area contributed by atoms with Gasteiger partial charge in [0, 0.05) is 0 Å². The standard InChI is InChI=1S/C23H24N2OS/c24-21(22(25)26)16-17-27-23(18-10-4-1-5-11-18,19-12-6-2-7-13-19)20-14-8-3-9-15-20/h1-15,21H,16-17,24H2,(H2,25,26)/t21-/m1/s1. The van der Waals surface area contributed by atoms with Crippen LogP contribution in [0.1, 0.15) is 23.1 Å². The maximum absolute atomic E-state index is 11.4. The number of primary amides is 1. The molecule has 0 aliphatic heterocycles. The zero-order chi connectivity index (χ0) is 19.1. The monoisotopic (exact) mass is 376 g/mol. The number of carbonyl (C=O) groups excluding carboxylic acids is 1. The molecule has 0 aromatic heterocycles. The number of carbonyl (C=O) groups is 1. The zero-order valence-corrected chi connectivity index (χ0v) is 15.9. The summed E-state index contributed by atoms with van der Waals surface area (Å²) in [6, 6.07) is 30.7. The molecule has 0 spiro atoms. The molecule has 0 aliphatic carbocycles. The van der Waals surface area contributed by atoms with Gasteiger partial charge >= 0.3 is 0 Å². The summed E-state index contributed by atoms with van der Waals surface area (Å²) in [7, 11) is 0. The van der Waals surface area contributed by atoms with Gasteiger partial charge in [-0.3, -0.25) is 4.79 Å². The molecule has 3 aromatic carbocycles. The summed E-state index contributed by atoms with van der Waals surface area (Å²) in [5, 5.41) is 0. The van der Waals surface area contributed by atoms with Gasteiger partial charge in [-0.05, 0) is 28.9 Å². The first-order chi connectivity index (χ1) is 13.1. The summed E-state index contributed by atoms with van der Waals surface area (Å²) in [5.74, 6) is 0.253. The van der Waals surface area contributed by atoms with E-state index in [0.717, 1.165) is 0 Å². The van der Waals surface area contributed by atoms with Gasteiger partial charge in [0.05, 0.1) is 10.8 Å². The number of rotatable bonds is 8. The van der Waals surface area contributed by atoms with Crippen molar-refractivity contribution in [3.63, 3.8) is 0 Å². The summed E-state index contributed by atoms with van der Waals surface area (Å²) in [5.41, 5.74) is 14.8. The molecule has 0 saturated heterocycles. The Labute approximate surface area is 164 Å². The Morgan fingerprint density at radius 3 is 1.48 bits per heavy atom. The summed E-state index contributed by atoms with van der Waals surface area (Å²) < 4.78 is -0.388. The lowest BCUT2D eigenvalue weighted by Crippen LogP contribution is -2.37. The smallest absolute Gasteiger partial charge is 0.234 e. The highest BCUT2D eigenvalue weighted by molar-refractivity contribution is 8.00. The number of thioether (sulfide) groups is 1. The van der Waals surface area contributed by atoms with Crippen LogP contribution in [0.4, 0.5) is 0 Å². The van der Waals surface area contributed by atoms with Crippen LogP contribution in [0.2, 0.25) is 0 Å². The van der Waals surface area contributed by atoms with E-state index < -0.39 is 11.9 Å². The van der Waals surface area contributed by atoms with E-state index in [-0.39, 0.29) is 4.75 Å². The fourth-order valence-corrected chi connectivity index (χ4v) is 4.84. The van der Waals surface area contributed by atoms with E-state index in [0.29, 0.717) is 12.2 Å². The van der Waals surface area contributed by atoms with Gasteiger partial charge < -0.3 is 11.5 Å². The van der Waals surface area contributed by atoms with Gasteiger partial charge in [0.2, 0.25) is 5.91 Å². The van der Waals surface area contributed by atoms with Gasteiger partial charge in [-0.2, -0.15) is 0 Å². The average molecular weight is 377 g/mol. The molecular weight excluding hydrogens is 352 g/mol. The molecule has 0 unspecified atom stereocenters. The predicted molar refractivity (Wildman–Crippen MR) is 113 cm³/mol. The maximum Gasteiger partial charge on any atom is 0.234 e. The normalized spacial score (nSPS) is 12.5. The fourth-order valence-electron chi connectivity index (χ4n) is 3.25. The first-order valence-electron chi connectivity index (χ1n) is 9.00. The van der Waals surface area contributed by atoms with Gasteiger partial charge in [0.15, 0.2) is 0 Å². The SMILES string of the molecule is NC(=O)[C@H](N)CCSC(c1ccccc1)(c1ccccc1)c1ccccc1. The quantitative estimate of drug-likeness (QED) is 0.586. The number of hydrogen-bond donors (Lipinski definition) is 2. The van der Waals surface area contributed by atoms with Crippen LogP contribution >= 0.6 is 11.8 Å². The van der Waals surface area contributed by atoms with Crippen LogP contribution in [-0.2, 0) is 9.54 Å². The summed E-state index contributed by atoms with van der Waals surface area (Å²) in [6.07, 6.45) is 0.536. The van der Waals surface area contributed by atoms with Gasteiger partial charge in [-0.15, -0.1) is 11.8 Å². The second-order valence-corrected chi connectivity index (χ2v) is 7.73. The van der Waals surface area contributed by atoms with E-state index in [4.69, 9.17) is 11.5 Å². The van der Waals surface area contributed by atoms with Crippen molar-refractivity contribution in [1.82, 2.24) is 0 Å². The average Bonchev–Trinajstić information content (AvgIpc) is 2.73. The van der Waals surface area contributed by atoms with E-state index in [1.165, 1.54) is 16.7 Å². The van der Waals surface area contributed by atoms with Crippen molar-refractivity contribution in [2.24, 2.45) is 11.5 Å². The molecule has 4 N–H and O–H groups in total. The third-order valence-corrected chi connectivity index (χ3v) is 6.23. The summed E-state index contributed by atoms with van der Waals surface area (Å²) >= 11 is 1.79. The Morgan fingerprint density at radius 2 is 1.15 bits per heavy atom. The van der Waals surface area contributed by atoms with Gasteiger partial charge in [0.1, 0.15) is 0 Å². The molecule has 27 heavy (non-hydrogen) atoms. The molecule has 4 heteroatoms.